The fourth-order valence-corrected chi connectivity index (χ4v) is 5.26. The van der Waals surface area contributed by atoms with Crippen molar-refractivity contribution in [1.29, 1.82) is 0 Å². The zero-order valence-corrected chi connectivity index (χ0v) is 18.2. The Hall–Kier alpha value is -2.03. The maximum absolute atomic E-state index is 10.1. The van der Waals surface area contributed by atoms with Crippen molar-refractivity contribution in [3.8, 4) is 5.75 Å². The number of para-hydroxylation sites is 1. The second kappa shape index (κ2) is 9.19. The molecule has 0 amide bonds. The Balaban J connectivity index is 1.92. The summed E-state index contributed by atoms with van der Waals surface area (Å²) < 4.78 is 8.19. The molecule has 7 N–H and O–H groups in total. The number of rotatable bonds is 6. The lowest BCUT2D eigenvalue weighted by Crippen LogP contribution is -2.60. The van der Waals surface area contributed by atoms with Crippen molar-refractivity contribution in [3.05, 3.63) is 47.4 Å². The summed E-state index contributed by atoms with van der Waals surface area (Å²) in [6.07, 6.45) is 6.27. The molecule has 1 heterocycles. The predicted octanol–water partition coefficient (Wildman–Crippen LogP) is 2.06. The molecule has 8 heteroatoms. The predicted molar refractivity (Wildman–Crippen MR) is 119 cm³/mol. The van der Waals surface area contributed by atoms with Crippen LogP contribution in [0.1, 0.15) is 25.3 Å². The van der Waals surface area contributed by atoms with Crippen LogP contribution in [0.5, 0.6) is 5.75 Å². The summed E-state index contributed by atoms with van der Waals surface area (Å²) in [4.78, 5) is 2.17. The third-order valence-corrected chi connectivity index (χ3v) is 7.13. The van der Waals surface area contributed by atoms with E-state index in [-0.39, 0.29) is 17.8 Å². The second-order valence-electron chi connectivity index (χ2n) is 7.88. The van der Waals surface area contributed by atoms with Gasteiger partial charge < -0.3 is 31.9 Å². The highest BCUT2D eigenvalue weighted by molar-refractivity contribution is 7.96. The van der Waals surface area contributed by atoms with E-state index in [0.717, 1.165) is 6.54 Å². The van der Waals surface area contributed by atoms with Gasteiger partial charge in [-0.3, -0.25) is 0 Å². The molecular weight excluding hydrogens is 386 g/mol. The molecule has 1 aromatic rings. The molecule has 0 radical (unpaired) electrons. The van der Waals surface area contributed by atoms with Gasteiger partial charge in [-0.15, -0.1) is 0 Å². The first kappa shape index (κ1) is 21.7. The number of ether oxygens (including phenoxy) is 1. The molecule has 1 saturated heterocycles. The van der Waals surface area contributed by atoms with Crippen molar-refractivity contribution < 1.29 is 9.84 Å². The molecule has 7 nitrogen and oxygen atoms in total. The molecular formula is C21H33N5O2S. The number of allylic oxidation sites excluding steroid dienone is 1. The lowest BCUT2D eigenvalue weighted by molar-refractivity contribution is -0.0778. The number of phenols is 1. The maximum Gasteiger partial charge on any atom is 0.137 e. The van der Waals surface area contributed by atoms with Crippen LogP contribution in [0.2, 0.25) is 0 Å². The highest BCUT2D eigenvalue weighted by Gasteiger charge is 2.44. The van der Waals surface area contributed by atoms with Gasteiger partial charge in [-0.2, -0.15) is 0 Å². The molecule has 4 atom stereocenters. The standard InChI is InChI=1S/C21H33N5O2S/c1-13-8-9-14(13)18-11-25(12-20(28-2)26(18)29-3)17(21(23)24)10-16(22)15-6-4-5-7-19(15)27/h4-7,10,13-14,18,20,27H,8-9,11-12,22-24H2,1-3H3/b16-10-. The molecule has 1 saturated carbocycles. The Morgan fingerprint density at radius 2 is 1.93 bits per heavy atom. The summed E-state index contributed by atoms with van der Waals surface area (Å²) in [5.41, 5.74) is 20.1. The van der Waals surface area contributed by atoms with E-state index in [2.05, 4.69) is 22.4 Å². The number of hydrogen-bond acceptors (Lipinski definition) is 8. The minimum Gasteiger partial charge on any atom is -0.507 e. The smallest absolute Gasteiger partial charge is 0.137 e. The van der Waals surface area contributed by atoms with Gasteiger partial charge in [0.15, 0.2) is 0 Å². The van der Waals surface area contributed by atoms with Crippen molar-refractivity contribution in [2.24, 2.45) is 29.0 Å². The Bertz CT molecular complexity index is 780. The number of phenolic OH excluding ortho intramolecular Hbond substituents is 1. The van der Waals surface area contributed by atoms with E-state index in [1.165, 1.54) is 12.8 Å². The number of aromatic hydroxyl groups is 1. The molecule has 1 aliphatic carbocycles. The average Bonchev–Trinajstić information content (AvgIpc) is 2.70. The van der Waals surface area contributed by atoms with Crippen molar-refractivity contribution in [1.82, 2.24) is 9.21 Å². The van der Waals surface area contributed by atoms with Gasteiger partial charge in [0.25, 0.3) is 0 Å². The van der Waals surface area contributed by atoms with E-state index in [1.54, 1.807) is 43.3 Å². The van der Waals surface area contributed by atoms with Gasteiger partial charge in [-0.05, 0) is 42.7 Å². The van der Waals surface area contributed by atoms with Crippen LogP contribution in [0.15, 0.2) is 41.9 Å². The highest BCUT2D eigenvalue weighted by atomic mass is 32.2. The van der Waals surface area contributed by atoms with Gasteiger partial charge in [0.1, 0.15) is 17.8 Å². The van der Waals surface area contributed by atoms with Crippen molar-refractivity contribution in [2.45, 2.75) is 32.0 Å². The van der Waals surface area contributed by atoms with Crippen LogP contribution in [-0.2, 0) is 4.74 Å². The fraction of sp³-hybridized carbons (Fsp3) is 0.524. The van der Waals surface area contributed by atoms with Crippen LogP contribution in [0.4, 0.5) is 0 Å². The topological polar surface area (TPSA) is 114 Å². The van der Waals surface area contributed by atoms with Crippen LogP contribution in [0.3, 0.4) is 0 Å². The van der Waals surface area contributed by atoms with E-state index < -0.39 is 0 Å². The normalized spacial score (nSPS) is 28.1. The van der Waals surface area contributed by atoms with Gasteiger partial charge in [0, 0.05) is 31.0 Å². The molecule has 29 heavy (non-hydrogen) atoms. The van der Waals surface area contributed by atoms with Crippen molar-refractivity contribution in [3.63, 3.8) is 0 Å². The van der Waals surface area contributed by atoms with Gasteiger partial charge in [-0.1, -0.05) is 37.4 Å². The van der Waals surface area contributed by atoms with Gasteiger partial charge >= 0.3 is 0 Å². The van der Waals surface area contributed by atoms with Crippen LogP contribution in [0.25, 0.3) is 5.70 Å². The minimum atomic E-state index is -0.0781. The summed E-state index contributed by atoms with van der Waals surface area (Å²) in [5, 5.41) is 10.1. The zero-order valence-electron chi connectivity index (χ0n) is 17.4. The summed E-state index contributed by atoms with van der Waals surface area (Å²) in [7, 11) is 1.74. The van der Waals surface area contributed by atoms with Crippen LogP contribution < -0.4 is 17.2 Å². The number of piperazine rings is 1. The Morgan fingerprint density at radius 3 is 2.45 bits per heavy atom. The zero-order chi connectivity index (χ0) is 21.1. The molecule has 0 aromatic heterocycles. The SMILES string of the molecule is COC1CN(C(/C=C(\N)c2ccccc2O)=C(N)N)CC(C2CCC2C)N1SC. The fourth-order valence-electron chi connectivity index (χ4n) is 4.38. The number of hydrogen-bond donors (Lipinski definition) is 4. The summed E-state index contributed by atoms with van der Waals surface area (Å²) in [6, 6.07) is 7.30. The molecule has 1 aliphatic heterocycles. The number of nitrogens with zero attached hydrogens (tertiary/aromatic N) is 2. The summed E-state index contributed by atoms with van der Waals surface area (Å²) in [6.45, 7) is 3.75. The molecule has 4 unspecified atom stereocenters. The third kappa shape index (κ3) is 4.44. The third-order valence-electron chi connectivity index (χ3n) is 6.20. The molecule has 160 valence electrons. The largest absolute Gasteiger partial charge is 0.507 e. The van der Waals surface area contributed by atoms with E-state index >= 15 is 0 Å². The van der Waals surface area contributed by atoms with E-state index in [4.69, 9.17) is 21.9 Å². The van der Waals surface area contributed by atoms with Gasteiger partial charge in [0.2, 0.25) is 0 Å². The monoisotopic (exact) mass is 419 g/mol. The first-order valence-electron chi connectivity index (χ1n) is 9.98. The van der Waals surface area contributed by atoms with Gasteiger partial charge in [-0.25, -0.2) is 4.31 Å². The lowest BCUT2D eigenvalue weighted by atomic mass is 9.70. The maximum atomic E-state index is 10.1. The highest BCUT2D eigenvalue weighted by Crippen LogP contribution is 2.42. The molecule has 1 aromatic carbocycles. The van der Waals surface area contributed by atoms with Crippen molar-refractivity contribution >= 4 is 17.6 Å². The summed E-state index contributed by atoms with van der Waals surface area (Å²) >= 11 is 1.73. The molecule has 3 rings (SSSR count). The van der Waals surface area contributed by atoms with Crippen LogP contribution in [0, 0.1) is 11.8 Å². The second-order valence-corrected chi connectivity index (χ2v) is 8.67. The first-order valence-corrected chi connectivity index (χ1v) is 11.2. The number of benzene rings is 1. The molecule has 2 fully saturated rings. The minimum absolute atomic E-state index is 0.0781. The van der Waals surface area contributed by atoms with E-state index in [1.807, 2.05) is 6.07 Å². The molecule has 0 spiro atoms. The Morgan fingerprint density at radius 1 is 1.21 bits per heavy atom. The van der Waals surface area contributed by atoms with Gasteiger partial charge in [0.05, 0.1) is 12.2 Å². The number of methoxy groups -OCH3 is 1. The molecule has 0 bridgehead atoms. The van der Waals surface area contributed by atoms with Crippen molar-refractivity contribution in [2.75, 3.05) is 26.5 Å². The quantitative estimate of drug-likeness (QED) is 0.409. The molecule has 2 aliphatic rings. The Labute approximate surface area is 177 Å². The summed E-state index contributed by atoms with van der Waals surface area (Å²) in [5.74, 6) is 1.63. The average molecular weight is 420 g/mol. The lowest BCUT2D eigenvalue weighted by Gasteiger charge is -2.52. The van der Waals surface area contributed by atoms with E-state index in [0.29, 0.717) is 41.4 Å². The van der Waals surface area contributed by atoms with Crippen LogP contribution >= 0.6 is 11.9 Å². The van der Waals surface area contributed by atoms with E-state index in [9.17, 15) is 5.11 Å². The first-order chi connectivity index (χ1) is 13.9. The van der Waals surface area contributed by atoms with Crippen LogP contribution in [-0.4, -0.2) is 53.0 Å². The number of nitrogens with two attached hydrogens (primary N) is 3. The Kier molecular flexibility index (Phi) is 6.87.